The molecule has 0 aliphatic heterocycles. The van der Waals surface area contributed by atoms with Crippen LogP contribution in [-0.4, -0.2) is 72.5 Å². The zero-order valence-corrected chi connectivity index (χ0v) is 31.9. The van der Waals surface area contributed by atoms with Crippen molar-refractivity contribution in [2.75, 3.05) is 28.2 Å². The van der Waals surface area contributed by atoms with E-state index >= 15 is 0 Å². The summed E-state index contributed by atoms with van der Waals surface area (Å²) in [6.45, 7) is 4.34. The van der Waals surface area contributed by atoms with Crippen LogP contribution in [0.25, 0.3) is 0 Å². The average molecular weight is 953 g/mol. The smallest absolute Gasteiger partial charge is 0.475 e. The molecule has 0 radical (unpaired) electrons. The van der Waals surface area contributed by atoms with E-state index in [9.17, 15) is 26.3 Å². The maximum absolute atomic E-state index is 10.6. The molecular weight excluding hydrogens is 915 g/mol. The number of rotatable bonds is 4. The number of carbonyl (C=O) groups is 2. The van der Waals surface area contributed by atoms with Gasteiger partial charge in [-0.05, 0) is 54.1 Å². The molecule has 48 heavy (non-hydrogen) atoms. The molecule has 0 aliphatic rings. The summed E-state index contributed by atoms with van der Waals surface area (Å²) >= 11 is 0. The Morgan fingerprint density at radius 2 is 0.854 bits per heavy atom. The molecule has 6 nitrogen and oxygen atoms in total. The SMILES string of the molecule is C[C@H](c1[c-]cc[cH-]1)N(C)C.C[C@H](c1[c-]cc[cH-]1)N(C)C.O=C(O)C(F)(F)F.O=C(O)C(F)(F)F.[Fe+2].[Fe+2].[Pd].[Pd].c1cc[cH-]c1.c1cc[cH-]c1. The molecule has 0 amide bonds. The summed E-state index contributed by atoms with van der Waals surface area (Å²) in [6, 6.07) is 39.5. The molecule has 4 aromatic rings. The Hall–Kier alpha value is -1.80. The zero-order valence-electron chi connectivity index (χ0n) is 26.6. The van der Waals surface area contributed by atoms with E-state index < -0.39 is 24.3 Å². The van der Waals surface area contributed by atoms with Gasteiger partial charge in [0.1, 0.15) is 0 Å². The van der Waals surface area contributed by atoms with E-state index in [1.807, 2.05) is 84.9 Å². The molecule has 4 rings (SSSR count). The number of halogens is 6. The third kappa shape index (κ3) is 32.7. The molecule has 16 heteroatoms. The van der Waals surface area contributed by atoms with Crippen LogP contribution in [0.4, 0.5) is 26.3 Å². The summed E-state index contributed by atoms with van der Waals surface area (Å²) < 4.78 is 63.5. The number of nitrogens with zero attached hydrogens (tertiary/aromatic N) is 2. The summed E-state index contributed by atoms with van der Waals surface area (Å²) in [5.41, 5.74) is 2.54. The summed E-state index contributed by atoms with van der Waals surface area (Å²) in [6.07, 6.45) is -10.2. The van der Waals surface area contributed by atoms with E-state index in [1.54, 1.807) is 0 Å². The van der Waals surface area contributed by atoms with Crippen LogP contribution in [0.1, 0.15) is 37.1 Å². The van der Waals surface area contributed by atoms with E-state index in [-0.39, 0.29) is 75.0 Å². The fourth-order valence-electron chi connectivity index (χ4n) is 2.41. The first-order valence-corrected chi connectivity index (χ1v) is 12.8. The van der Waals surface area contributed by atoms with Crippen LogP contribution in [0, 0.1) is 12.1 Å². The number of hydrogen-bond donors (Lipinski definition) is 2. The first kappa shape index (κ1) is 58.4. The van der Waals surface area contributed by atoms with Gasteiger partial charge in [-0.3, -0.25) is 11.1 Å². The van der Waals surface area contributed by atoms with Crippen LogP contribution >= 0.6 is 0 Å². The minimum Gasteiger partial charge on any atom is -0.475 e. The van der Waals surface area contributed by atoms with Crippen LogP contribution in [0.5, 0.6) is 0 Å². The first-order valence-electron chi connectivity index (χ1n) is 12.8. The second-order valence-corrected chi connectivity index (χ2v) is 9.06. The fraction of sp³-hybridized carbons (Fsp3) is 0.312. The zero-order chi connectivity index (χ0) is 34.3. The van der Waals surface area contributed by atoms with Gasteiger partial charge >= 0.3 is 58.4 Å². The van der Waals surface area contributed by atoms with Gasteiger partial charge in [-0.15, -0.1) is 0 Å². The largest absolute Gasteiger partial charge is 2.00 e. The van der Waals surface area contributed by atoms with Gasteiger partial charge in [0.2, 0.25) is 0 Å². The van der Waals surface area contributed by atoms with Crippen molar-refractivity contribution in [3.63, 3.8) is 0 Å². The Balaban J connectivity index is -0.000000110. The van der Waals surface area contributed by atoms with E-state index in [1.165, 1.54) is 11.1 Å². The third-order valence-corrected chi connectivity index (χ3v) is 5.29. The van der Waals surface area contributed by atoms with Crippen molar-refractivity contribution < 1.29 is 121 Å². The number of carboxylic acids is 2. The van der Waals surface area contributed by atoms with Crippen LogP contribution in [0.2, 0.25) is 0 Å². The van der Waals surface area contributed by atoms with Gasteiger partial charge < -0.3 is 68.5 Å². The molecule has 0 unspecified atom stereocenters. The summed E-state index contributed by atoms with van der Waals surface area (Å²) in [5, 5.41) is 14.2. The van der Waals surface area contributed by atoms with Gasteiger partial charge in [-0.1, -0.05) is 0 Å². The molecule has 2 N–H and O–H groups in total. The maximum atomic E-state index is 10.6. The van der Waals surface area contributed by atoms with Crippen LogP contribution in [0.15, 0.2) is 97.1 Å². The van der Waals surface area contributed by atoms with E-state index in [2.05, 4.69) is 76.1 Å². The Labute approximate surface area is 327 Å². The molecule has 280 valence electrons. The molecule has 2 atom stereocenters. The van der Waals surface area contributed by atoms with Crippen molar-refractivity contribution in [1.82, 2.24) is 9.80 Å². The topological polar surface area (TPSA) is 81.1 Å². The van der Waals surface area contributed by atoms with Gasteiger partial charge in [-0.25, -0.2) is 33.9 Å². The molecule has 0 fully saturated rings. The Morgan fingerprint density at radius 1 is 0.625 bits per heavy atom. The molecule has 0 heterocycles. The fourth-order valence-corrected chi connectivity index (χ4v) is 2.41. The quantitative estimate of drug-likeness (QED) is 0.124. The summed E-state index contributed by atoms with van der Waals surface area (Å²) in [7, 11) is 8.30. The molecule has 0 saturated heterocycles. The van der Waals surface area contributed by atoms with Crippen molar-refractivity contribution in [3.8, 4) is 0 Å². The van der Waals surface area contributed by atoms with Gasteiger partial charge in [0.05, 0.1) is 0 Å². The van der Waals surface area contributed by atoms with Crippen molar-refractivity contribution in [1.29, 1.82) is 0 Å². The van der Waals surface area contributed by atoms with E-state index in [4.69, 9.17) is 19.8 Å². The predicted molar refractivity (Wildman–Crippen MR) is 157 cm³/mol. The Bertz CT molecular complexity index is 1060. The number of hydrogen-bond acceptors (Lipinski definition) is 4. The van der Waals surface area contributed by atoms with Gasteiger partial charge in [-0.2, -0.15) is 62.7 Å². The first-order chi connectivity index (χ1) is 20.3. The normalized spacial score (nSPS) is 10.8. The Morgan fingerprint density at radius 3 is 0.958 bits per heavy atom. The number of alkyl halides is 6. The van der Waals surface area contributed by atoms with Gasteiger partial charge in [0, 0.05) is 40.8 Å². The summed E-state index contributed by atoms with van der Waals surface area (Å²) in [4.78, 5) is 22.1. The van der Waals surface area contributed by atoms with Crippen LogP contribution in [-0.2, 0) is 84.6 Å². The van der Waals surface area contributed by atoms with Crippen molar-refractivity contribution >= 4 is 11.9 Å². The minimum atomic E-state index is -5.08. The monoisotopic (exact) mass is 952 g/mol. The molecular formula is C32H38F6Fe2N2O4Pd2-2. The predicted octanol–water partition coefficient (Wildman–Crippen LogP) is 7.72. The third-order valence-electron chi connectivity index (χ3n) is 5.29. The number of aliphatic carboxylic acids is 2. The van der Waals surface area contributed by atoms with E-state index in [0.29, 0.717) is 12.1 Å². The molecule has 0 aliphatic carbocycles. The summed E-state index contributed by atoms with van der Waals surface area (Å²) in [5.74, 6) is -5.51. The van der Waals surface area contributed by atoms with E-state index in [0.717, 1.165) is 0 Å². The molecule has 0 saturated carbocycles. The Kier molecular flexibility index (Phi) is 39.4. The minimum absolute atomic E-state index is 0. The molecule has 0 spiro atoms. The van der Waals surface area contributed by atoms with Gasteiger partial charge in [0.15, 0.2) is 0 Å². The molecule has 0 bridgehead atoms. The standard InChI is InChI=1S/2C9H13N.2C5H5.2C2HF3O2.2Fe.2Pd/c2*1-8(10(2)3)9-6-4-5-7-9;2*1-2-4-5-3-1;2*3-2(4,5)1(6)7;;;;/h2*4-6,8H,1-3H3;2*1-5H;2*(H,6,7);;;;/q2*-2;2*-1;;;2*+2;;/t2*8-;;;;;;;;/m11......../s1. The van der Waals surface area contributed by atoms with Gasteiger partial charge in [0.25, 0.3) is 0 Å². The average Bonchev–Trinajstić information content (AvgIpc) is 3.76. The second kappa shape index (κ2) is 32.4. The van der Waals surface area contributed by atoms with Crippen molar-refractivity contribution in [3.05, 3.63) is 120 Å². The van der Waals surface area contributed by atoms with Crippen LogP contribution < -0.4 is 0 Å². The maximum Gasteiger partial charge on any atom is 2.00 e. The van der Waals surface area contributed by atoms with Crippen molar-refractivity contribution in [2.24, 2.45) is 0 Å². The van der Waals surface area contributed by atoms with Crippen LogP contribution in [0.3, 0.4) is 0 Å². The molecule has 4 aromatic carbocycles. The van der Waals surface area contributed by atoms with Crippen molar-refractivity contribution in [2.45, 2.75) is 38.3 Å². The number of carboxylic acid groups (broad SMARTS) is 2. The second-order valence-electron chi connectivity index (χ2n) is 9.06. The molecule has 0 aromatic heterocycles.